The van der Waals surface area contributed by atoms with Crippen LogP contribution < -0.4 is 20.6 Å². The van der Waals surface area contributed by atoms with Crippen LogP contribution in [0.4, 0.5) is 4.79 Å². The molecule has 1 saturated heterocycles. The minimum Gasteiger partial charge on any atom is -0.493 e. The van der Waals surface area contributed by atoms with Gasteiger partial charge in [-0.05, 0) is 56.9 Å². The number of hydrogen-bond acceptors (Lipinski definition) is 5. The molecule has 1 aromatic carbocycles. The fourth-order valence-corrected chi connectivity index (χ4v) is 3.18. The summed E-state index contributed by atoms with van der Waals surface area (Å²) in [5.74, 6) is 0.918. The van der Waals surface area contributed by atoms with Gasteiger partial charge in [-0.2, -0.15) is 5.10 Å². The molecule has 1 aromatic rings. The first-order valence-corrected chi connectivity index (χ1v) is 8.63. The summed E-state index contributed by atoms with van der Waals surface area (Å²) in [6.07, 6.45) is 4.62. The van der Waals surface area contributed by atoms with E-state index < -0.39 is 6.03 Å². The maximum atomic E-state index is 12.6. The first-order valence-electron chi connectivity index (χ1n) is 8.63. The van der Waals surface area contributed by atoms with E-state index in [0.717, 1.165) is 19.3 Å². The molecular formula is C18H26N4O4. The van der Waals surface area contributed by atoms with Gasteiger partial charge in [-0.25, -0.2) is 10.2 Å². The number of likely N-dealkylation sites (tertiary alicyclic amines) is 1. The summed E-state index contributed by atoms with van der Waals surface area (Å²) in [7, 11) is 1.52. The third-order valence-electron chi connectivity index (χ3n) is 4.41. The zero-order chi connectivity index (χ0) is 19.1. The number of nitrogens with one attached hydrogen (secondary N) is 1. The maximum absolute atomic E-state index is 12.6. The number of rotatable bonds is 6. The minimum absolute atomic E-state index is 0.0250. The molecule has 0 spiro atoms. The van der Waals surface area contributed by atoms with E-state index in [4.69, 9.17) is 15.2 Å². The van der Waals surface area contributed by atoms with Crippen LogP contribution >= 0.6 is 0 Å². The Morgan fingerprint density at radius 2 is 2.00 bits per heavy atom. The van der Waals surface area contributed by atoms with E-state index in [9.17, 15) is 9.59 Å². The Kier molecular flexibility index (Phi) is 6.82. The van der Waals surface area contributed by atoms with Crippen LogP contribution in [-0.4, -0.2) is 48.9 Å². The summed E-state index contributed by atoms with van der Waals surface area (Å²) in [6, 6.07) is 4.84. The van der Waals surface area contributed by atoms with E-state index in [0.29, 0.717) is 17.1 Å². The summed E-state index contributed by atoms with van der Waals surface area (Å²) >= 11 is 0. The number of urea groups is 1. The number of piperidine rings is 1. The summed E-state index contributed by atoms with van der Waals surface area (Å²) in [6.45, 7) is 4.10. The van der Waals surface area contributed by atoms with Crippen LogP contribution in [0.25, 0.3) is 0 Å². The molecule has 3 N–H and O–H groups in total. The van der Waals surface area contributed by atoms with Gasteiger partial charge in [-0.3, -0.25) is 4.79 Å². The Labute approximate surface area is 153 Å². The fourth-order valence-electron chi connectivity index (χ4n) is 3.18. The monoisotopic (exact) mass is 362 g/mol. The van der Waals surface area contributed by atoms with Crippen molar-refractivity contribution in [3.63, 3.8) is 0 Å². The molecule has 0 saturated carbocycles. The van der Waals surface area contributed by atoms with Crippen molar-refractivity contribution in [1.29, 1.82) is 0 Å². The predicted molar refractivity (Wildman–Crippen MR) is 98.4 cm³/mol. The SMILES string of the molecule is COc1cc(/C=N\NC(N)=O)ccc1OCC(=O)N1[C@@H](C)CCC[C@@H]1C. The number of carbonyl (C=O) groups excluding carboxylic acids is 2. The van der Waals surface area contributed by atoms with Crippen molar-refractivity contribution in [3.05, 3.63) is 23.8 Å². The molecule has 8 heteroatoms. The quantitative estimate of drug-likeness (QED) is 0.595. The van der Waals surface area contributed by atoms with Crippen LogP contribution in [0.15, 0.2) is 23.3 Å². The van der Waals surface area contributed by atoms with E-state index in [-0.39, 0.29) is 24.6 Å². The van der Waals surface area contributed by atoms with Crippen molar-refractivity contribution >= 4 is 18.2 Å². The fraction of sp³-hybridized carbons (Fsp3) is 0.500. The smallest absolute Gasteiger partial charge is 0.332 e. The largest absolute Gasteiger partial charge is 0.493 e. The van der Waals surface area contributed by atoms with Crippen molar-refractivity contribution in [2.24, 2.45) is 10.8 Å². The van der Waals surface area contributed by atoms with Gasteiger partial charge in [0.1, 0.15) is 0 Å². The van der Waals surface area contributed by atoms with Crippen molar-refractivity contribution < 1.29 is 19.1 Å². The third-order valence-corrected chi connectivity index (χ3v) is 4.41. The molecule has 0 aromatic heterocycles. The third kappa shape index (κ3) is 5.11. The van der Waals surface area contributed by atoms with Crippen LogP contribution in [0.1, 0.15) is 38.7 Å². The lowest BCUT2D eigenvalue weighted by Crippen LogP contribution is -2.49. The van der Waals surface area contributed by atoms with Crippen LogP contribution in [0.2, 0.25) is 0 Å². The average molecular weight is 362 g/mol. The number of ether oxygens (including phenoxy) is 2. The molecule has 1 heterocycles. The summed E-state index contributed by atoms with van der Waals surface area (Å²) in [5.41, 5.74) is 7.75. The number of hydrogen-bond donors (Lipinski definition) is 2. The zero-order valence-corrected chi connectivity index (χ0v) is 15.4. The van der Waals surface area contributed by atoms with Crippen molar-refractivity contribution in [1.82, 2.24) is 10.3 Å². The molecule has 142 valence electrons. The molecule has 0 radical (unpaired) electrons. The highest BCUT2D eigenvalue weighted by Crippen LogP contribution is 2.28. The van der Waals surface area contributed by atoms with Gasteiger partial charge >= 0.3 is 6.03 Å². The van der Waals surface area contributed by atoms with E-state index >= 15 is 0 Å². The highest BCUT2D eigenvalue weighted by molar-refractivity contribution is 5.82. The topological polar surface area (TPSA) is 106 Å². The molecule has 2 rings (SSSR count). The van der Waals surface area contributed by atoms with Gasteiger partial charge in [0.25, 0.3) is 5.91 Å². The van der Waals surface area contributed by atoms with Crippen LogP contribution in [0.3, 0.4) is 0 Å². The normalized spacial score (nSPS) is 20.0. The molecule has 3 amide bonds. The average Bonchev–Trinajstić information content (AvgIpc) is 2.60. The van der Waals surface area contributed by atoms with E-state index in [2.05, 4.69) is 24.4 Å². The molecule has 1 fully saturated rings. The molecule has 1 aliphatic rings. The lowest BCUT2D eigenvalue weighted by atomic mass is 9.97. The number of amides is 3. The summed E-state index contributed by atoms with van der Waals surface area (Å²) in [4.78, 5) is 25.1. The Morgan fingerprint density at radius 3 is 2.62 bits per heavy atom. The molecule has 2 atom stereocenters. The first kappa shape index (κ1) is 19.6. The van der Waals surface area contributed by atoms with Crippen molar-refractivity contribution in [2.75, 3.05) is 13.7 Å². The number of benzene rings is 1. The zero-order valence-electron chi connectivity index (χ0n) is 15.4. The van der Waals surface area contributed by atoms with Crippen molar-refractivity contribution in [3.8, 4) is 11.5 Å². The maximum Gasteiger partial charge on any atom is 0.332 e. The number of primary amides is 1. The Morgan fingerprint density at radius 1 is 1.31 bits per heavy atom. The highest BCUT2D eigenvalue weighted by Gasteiger charge is 2.29. The molecule has 8 nitrogen and oxygen atoms in total. The van der Waals surface area contributed by atoms with E-state index in [1.807, 2.05) is 4.90 Å². The van der Waals surface area contributed by atoms with Gasteiger partial charge in [0.15, 0.2) is 18.1 Å². The second-order valence-corrected chi connectivity index (χ2v) is 6.36. The highest BCUT2D eigenvalue weighted by atomic mass is 16.5. The van der Waals surface area contributed by atoms with Gasteiger partial charge in [0, 0.05) is 12.1 Å². The van der Waals surface area contributed by atoms with E-state index in [1.54, 1.807) is 18.2 Å². The summed E-state index contributed by atoms with van der Waals surface area (Å²) < 4.78 is 11.0. The standard InChI is InChI=1S/C18H26N4O4/c1-12-5-4-6-13(2)22(12)17(23)11-26-15-8-7-14(9-16(15)25-3)10-20-21-18(19)24/h7-10,12-13H,4-6,11H2,1-3H3,(H3,19,21,24)/b20-10-/t12-,13-/m0/s1. The Balaban J connectivity index is 2.01. The predicted octanol–water partition coefficient (Wildman–Crippen LogP) is 1.87. The number of nitrogens with two attached hydrogens (primary N) is 1. The number of nitrogens with zero attached hydrogens (tertiary/aromatic N) is 2. The molecule has 0 bridgehead atoms. The molecule has 1 aliphatic heterocycles. The lowest BCUT2D eigenvalue weighted by Gasteiger charge is -2.39. The first-order chi connectivity index (χ1) is 12.4. The number of carbonyl (C=O) groups is 2. The van der Waals surface area contributed by atoms with Crippen LogP contribution in [0.5, 0.6) is 11.5 Å². The van der Waals surface area contributed by atoms with Crippen LogP contribution in [-0.2, 0) is 4.79 Å². The van der Waals surface area contributed by atoms with E-state index in [1.165, 1.54) is 13.3 Å². The Bertz CT molecular complexity index is 667. The second-order valence-electron chi connectivity index (χ2n) is 6.36. The number of methoxy groups -OCH3 is 1. The summed E-state index contributed by atoms with van der Waals surface area (Å²) in [5, 5.41) is 3.69. The van der Waals surface area contributed by atoms with Gasteiger partial charge in [-0.1, -0.05) is 0 Å². The molecule has 0 aliphatic carbocycles. The second kappa shape index (κ2) is 9.07. The van der Waals surface area contributed by atoms with Crippen molar-refractivity contribution in [2.45, 2.75) is 45.2 Å². The molecule has 0 unspecified atom stereocenters. The van der Waals surface area contributed by atoms with Gasteiger partial charge in [-0.15, -0.1) is 0 Å². The number of hydrazone groups is 1. The van der Waals surface area contributed by atoms with Gasteiger partial charge in [0.05, 0.1) is 13.3 Å². The van der Waals surface area contributed by atoms with Gasteiger partial charge in [0.2, 0.25) is 0 Å². The minimum atomic E-state index is -0.743. The lowest BCUT2D eigenvalue weighted by molar-refractivity contribution is -0.139. The molecule has 26 heavy (non-hydrogen) atoms. The van der Waals surface area contributed by atoms with Gasteiger partial charge < -0.3 is 20.1 Å². The van der Waals surface area contributed by atoms with Crippen LogP contribution in [0, 0.1) is 0 Å². The Hall–Kier alpha value is -2.77. The molecular weight excluding hydrogens is 336 g/mol.